The molecule has 2 amide bonds. The fourth-order valence-electron chi connectivity index (χ4n) is 3.91. The van der Waals surface area contributed by atoms with Gasteiger partial charge in [0.05, 0.1) is 18.7 Å². The van der Waals surface area contributed by atoms with Crippen LogP contribution in [0.4, 0.5) is 5.69 Å². The summed E-state index contributed by atoms with van der Waals surface area (Å²) in [5, 5.41) is 5.76. The van der Waals surface area contributed by atoms with E-state index in [1.54, 1.807) is 24.3 Å². The fraction of sp³-hybridized carbons (Fsp3) is 0.346. The van der Waals surface area contributed by atoms with Gasteiger partial charge in [-0.2, -0.15) is 0 Å². The summed E-state index contributed by atoms with van der Waals surface area (Å²) >= 11 is 0. The summed E-state index contributed by atoms with van der Waals surface area (Å²) in [6.07, 6.45) is 7.25. The van der Waals surface area contributed by atoms with Crippen molar-refractivity contribution in [3.63, 3.8) is 0 Å². The van der Waals surface area contributed by atoms with E-state index in [0.717, 1.165) is 37.8 Å². The van der Waals surface area contributed by atoms with E-state index in [1.165, 1.54) is 13.2 Å². The van der Waals surface area contributed by atoms with Crippen LogP contribution in [0.1, 0.15) is 47.2 Å². The van der Waals surface area contributed by atoms with Crippen molar-refractivity contribution in [2.45, 2.75) is 38.3 Å². The van der Waals surface area contributed by atoms with E-state index >= 15 is 0 Å². The summed E-state index contributed by atoms with van der Waals surface area (Å²) in [7, 11) is 3.28. The molecule has 1 saturated heterocycles. The van der Waals surface area contributed by atoms with Crippen LogP contribution in [0.15, 0.2) is 54.6 Å². The maximum absolute atomic E-state index is 12.8. The van der Waals surface area contributed by atoms with Gasteiger partial charge in [-0.1, -0.05) is 43.2 Å². The molecule has 1 unspecified atom stereocenters. The van der Waals surface area contributed by atoms with E-state index in [4.69, 9.17) is 4.74 Å². The lowest BCUT2D eigenvalue weighted by atomic mass is 10.1. The number of likely N-dealkylation sites (N-methyl/N-ethyl adjacent to an activating group) is 1. The van der Waals surface area contributed by atoms with Gasteiger partial charge in [-0.05, 0) is 61.8 Å². The molecule has 0 radical (unpaired) electrons. The molecule has 1 fully saturated rings. The Kier molecular flexibility index (Phi) is 8.78. The fourth-order valence-corrected chi connectivity index (χ4v) is 3.91. The van der Waals surface area contributed by atoms with Gasteiger partial charge in [-0.3, -0.25) is 14.5 Å². The number of hydrogen-bond acceptors (Lipinski definition) is 5. The predicted octanol–water partition coefficient (Wildman–Crippen LogP) is 3.62. The van der Waals surface area contributed by atoms with E-state index in [1.807, 2.05) is 37.4 Å². The zero-order chi connectivity index (χ0) is 23.6. The number of amides is 2. The first kappa shape index (κ1) is 24.2. The van der Waals surface area contributed by atoms with Gasteiger partial charge in [0, 0.05) is 18.3 Å². The molecule has 1 atom stereocenters. The number of hydrogen-bond donors (Lipinski definition) is 2. The number of esters is 1. The molecule has 3 rings (SSSR count). The van der Waals surface area contributed by atoms with Crippen LogP contribution in [0, 0.1) is 0 Å². The number of anilines is 1. The quantitative estimate of drug-likeness (QED) is 0.498. The maximum Gasteiger partial charge on any atom is 0.337 e. The molecule has 2 N–H and O–H groups in total. The lowest BCUT2D eigenvalue weighted by Crippen LogP contribution is -2.44. The molecule has 7 nitrogen and oxygen atoms in total. The van der Waals surface area contributed by atoms with E-state index in [9.17, 15) is 14.4 Å². The number of methoxy groups -OCH3 is 1. The number of rotatable bonds is 7. The van der Waals surface area contributed by atoms with Crippen LogP contribution in [0.2, 0.25) is 0 Å². The Labute approximate surface area is 194 Å². The molecular weight excluding hydrogens is 418 g/mol. The highest BCUT2D eigenvalue weighted by Crippen LogP contribution is 2.18. The Morgan fingerprint density at radius 1 is 1.09 bits per heavy atom. The Morgan fingerprint density at radius 2 is 1.88 bits per heavy atom. The van der Waals surface area contributed by atoms with Gasteiger partial charge in [0.25, 0.3) is 0 Å². The summed E-state index contributed by atoms with van der Waals surface area (Å²) in [6.45, 7) is 1.15. The monoisotopic (exact) mass is 449 g/mol. The van der Waals surface area contributed by atoms with E-state index in [-0.39, 0.29) is 24.4 Å². The van der Waals surface area contributed by atoms with Gasteiger partial charge in [0.2, 0.25) is 11.8 Å². The lowest BCUT2D eigenvalue weighted by molar-refractivity contribution is -0.126. The Hall–Kier alpha value is -3.45. The zero-order valence-corrected chi connectivity index (χ0v) is 19.2. The molecule has 7 heteroatoms. The second kappa shape index (κ2) is 12.0. The van der Waals surface area contributed by atoms with Crippen LogP contribution in [0.25, 0.3) is 6.08 Å². The summed E-state index contributed by atoms with van der Waals surface area (Å²) < 4.78 is 4.85. The summed E-state index contributed by atoms with van der Waals surface area (Å²) in [6, 6.07) is 14.3. The smallest absolute Gasteiger partial charge is 0.337 e. The van der Waals surface area contributed by atoms with Crippen LogP contribution in [0.5, 0.6) is 0 Å². The first-order valence-electron chi connectivity index (χ1n) is 11.2. The third-order valence-electron chi connectivity index (χ3n) is 5.70. The van der Waals surface area contributed by atoms with Crippen molar-refractivity contribution in [3.8, 4) is 0 Å². The standard InChI is InChI=1S/C26H31N3O4/c1-29-14-8-4-7-11-23(29)25(31)27-18-20-15-21(26(32)33-2)17-22(16-20)28-24(30)13-12-19-9-5-3-6-10-19/h3,5-6,9-10,12-13,15-17,23H,4,7-8,11,14,18H2,1-2H3,(H,27,31)(H,28,30)/b13-12+. The van der Waals surface area contributed by atoms with Crippen LogP contribution in [0.3, 0.4) is 0 Å². The number of benzene rings is 2. The first-order valence-corrected chi connectivity index (χ1v) is 11.2. The average Bonchev–Trinajstić information content (AvgIpc) is 3.05. The highest BCUT2D eigenvalue weighted by molar-refractivity contribution is 6.02. The van der Waals surface area contributed by atoms with Crippen LogP contribution in [-0.2, 0) is 20.9 Å². The maximum atomic E-state index is 12.8. The van der Waals surface area contributed by atoms with Crippen molar-refractivity contribution < 1.29 is 19.1 Å². The molecule has 2 aromatic rings. The van der Waals surface area contributed by atoms with Crippen molar-refractivity contribution >= 4 is 29.5 Å². The second-order valence-corrected chi connectivity index (χ2v) is 8.21. The molecule has 33 heavy (non-hydrogen) atoms. The van der Waals surface area contributed by atoms with Gasteiger partial charge in [0.15, 0.2) is 0 Å². The van der Waals surface area contributed by atoms with Crippen molar-refractivity contribution in [1.82, 2.24) is 10.2 Å². The van der Waals surface area contributed by atoms with Gasteiger partial charge < -0.3 is 15.4 Å². The highest BCUT2D eigenvalue weighted by atomic mass is 16.5. The van der Waals surface area contributed by atoms with Crippen molar-refractivity contribution in [2.24, 2.45) is 0 Å². The molecule has 1 aliphatic rings. The molecule has 2 aromatic carbocycles. The first-order chi connectivity index (χ1) is 16.0. The molecule has 0 spiro atoms. The molecule has 0 bridgehead atoms. The minimum Gasteiger partial charge on any atom is -0.465 e. The van der Waals surface area contributed by atoms with Crippen LogP contribution < -0.4 is 10.6 Å². The molecular formula is C26H31N3O4. The highest BCUT2D eigenvalue weighted by Gasteiger charge is 2.24. The molecule has 0 aromatic heterocycles. The third-order valence-corrected chi connectivity index (χ3v) is 5.70. The summed E-state index contributed by atoms with van der Waals surface area (Å²) in [5.41, 5.74) is 2.36. The molecule has 0 aliphatic carbocycles. The van der Waals surface area contributed by atoms with Gasteiger partial charge in [-0.25, -0.2) is 4.79 Å². The number of likely N-dealkylation sites (tertiary alicyclic amines) is 1. The molecule has 174 valence electrons. The number of carbonyl (C=O) groups excluding carboxylic acids is 3. The predicted molar refractivity (Wildman–Crippen MR) is 129 cm³/mol. The number of nitrogens with zero attached hydrogens (tertiary/aromatic N) is 1. The van der Waals surface area contributed by atoms with Crippen LogP contribution >= 0.6 is 0 Å². The lowest BCUT2D eigenvalue weighted by Gasteiger charge is -2.24. The van der Waals surface area contributed by atoms with Crippen molar-refractivity contribution in [2.75, 3.05) is 26.0 Å². The Balaban J connectivity index is 1.70. The normalized spacial score (nSPS) is 16.7. The number of ether oxygens (including phenoxy) is 1. The Morgan fingerprint density at radius 3 is 2.64 bits per heavy atom. The average molecular weight is 450 g/mol. The number of carbonyl (C=O) groups is 3. The SMILES string of the molecule is COC(=O)c1cc(CNC(=O)C2CCCCCN2C)cc(NC(=O)/C=C/c2ccccc2)c1. The largest absolute Gasteiger partial charge is 0.465 e. The minimum atomic E-state index is -0.512. The number of nitrogens with one attached hydrogen (secondary N) is 2. The van der Waals surface area contributed by atoms with Crippen molar-refractivity contribution in [1.29, 1.82) is 0 Å². The summed E-state index contributed by atoms with van der Waals surface area (Å²) in [5.74, 6) is -0.864. The van der Waals surface area contributed by atoms with Crippen molar-refractivity contribution in [3.05, 3.63) is 71.3 Å². The molecule has 0 saturated carbocycles. The molecule has 1 heterocycles. The second-order valence-electron chi connectivity index (χ2n) is 8.21. The van der Waals surface area contributed by atoms with Gasteiger partial charge in [0.1, 0.15) is 0 Å². The van der Waals surface area contributed by atoms with Gasteiger partial charge >= 0.3 is 5.97 Å². The Bertz CT molecular complexity index is 1000. The topological polar surface area (TPSA) is 87.7 Å². The van der Waals surface area contributed by atoms with E-state index in [2.05, 4.69) is 15.5 Å². The minimum absolute atomic E-state index is 0.0285. The van der Waals surface area contributed by atoms with Crippen LogP contribution in [-0.4, -0.2) is 49.4 Å². The van der Waals surface area contributed by atoms with E-state index < -0.39 is 5.97 Å². The zero-order valence-electron chi connectivity index (χ0n) is 19.2. The van der Waals surface area contributed by atoms with Gasteiger partial charge in [-0.15, -0.1) is 0 Å². The van der Waals surface area contributed by atoms with E-state index in [0.29, 0.717) is 16.8 Å². The summed E-state index contributed by atoms with van der Waals surface area (Å²) in [4.78, 5) is 39.4. The molecule has 1 aliphatic heterocycles. The third kappa shape index (κ3) is 7.29.